The number of likely N-dealkylation sites (tertiary alicyclic amines) is 1. The molecular weight excluding hydrogens is 578 g/mol. The Hall–Kier alpha value is -3.37. The number of ether oxygens (including phenoxy) is 2. The SMILES string of the molecule is Cl.NC(=O)c1ccccc1Oc1ccc(/C=C2\SC(=S)N(c3ccc(OCCCN4CCCCC4)cc3)C2=O)cc1. The van der Waals surface area contributed by atoms with Crippen LogP contribution in [0.4, 0.5) is 5.69 Å². The second kappa shape index (κ2) is 14.5. The number of hydrogen-bond acceptors (Lipinski definition) is 7. The van der Waals surface area contributed by atoms with Gasteiger partial charge in [0.2, 0.25) is 0 Å². The van der Waals surface area contributed by atoms with Crippen molar-refractivity contribution in [2.45, 2.75) is 25.7 Å². The van der Waals surface area contributed by atoms with Crippen LogP contribution < -0.4 is 20.1 Å². The maximum atomic E-state index is 13.2. The summed E-state index contributed by atoms with van der Waals surface area (Å²) < 4.78 is 12.2. The number of anilines is 1. The molecule has 2 N–H and O–H groups in total. The first-order valence-corrected chi connectivity index (χ1v) is 14.6. The molecule has 0 aliphatic carbocycles. The highest BCUT2D eigenvalue weighted by molar-refractivity contribution is 8.27. The Labute approximate surface area is 256 Å². The van der Waals surface area contributed by atoms with E-state index in [9.17, 15) is 9.59 Å². The lowest BCUT2D eigenvalue weighted by Gasteiger charge is -2.26. The number of nitrogens with zero attached hydrogens (tertiary/aromatic N) is 2. The van der Waals surface area contributed by atoms with Crippen LogP contribution in [0.2, 0.25) is 0 Å². The van der Waals surface area contributed by atoms with Crippen LogP contribution in [0.5, 0.6) is 17.2 Å². The van der Waals surface area contributed by atoms with Gasteiger partial charge in [-0.15, -0.1) is 12.4 Å². The van der Waals surface area contributed by atoms with Crippen LogP contribution in [0.15, 0.2) is 77.7 Å². The second-order valence-corrected chi connectivity index (χ2v) is 11.3. The third-order valence-corrected chi connectivity index (χ3v) is 8.09. The monoisotopic (exact) mass is 609 g/mol. The lowest BCUT2D eigenvalue weighted by Crippen LogP contribution is -2.31. The highest BCUT2D eigenvalue weighted by Crippen LogP contribution is 2.37. The molecule has 0 bridgehead atoms. The summed E-state index contributed by atoms with van der Waals surface area (Å²) in [6.07, 6.45) is 6.74. The van der Waals surface area contributed by atoms with Gasteiger partial charge in [-0.1, -0.05) is 54.7 Å². The second-order valence-electron chi connectivity index (χ2n) is 9.65. The summed E-state index contributed by atoms with van der Waals surface area (Å²) in [6.45, 7) is 4.13. The Balaban J connectivity index is 0.00000387. The van der Waals surface area contributed by atoms with Crippen molar-refractivity contribution in [2.75, 3.05) is 31.1 Å². The minimum Gasteiger partial charge on any atom is -0.494 e. The quantitative estimate of drug-likeness (QED) is 0.156. The number of hydrogen-bond donors (Lipinski definition) is 1. The lowest BCUT2D eigenvalue weighted by molar-refractivity contribution is -0.113. The van der Waals surface area contributed by atoms with E-state index in [2.05, 4.69) is 4.90 Å². The van der Waals surface area contributed by atoms with Gasteiger partial charge in [-0.25, -0.2) is 0 Å². The molecule has 41 heavy (non-hydrogen) atoms. The smallest absolute Gasteiger partial charge is 0.270 e. The fourth-order valence-corrected chi connectivity index (χ4v) is 6.01. The van der Waals surface area contributed by atoms with E-state index < -0.39 is 5.91 Å². The molecule has 2 heterocycles. The fraction of sp³-hybridized carbons (Fsp3) is 0.258. The van der Waals surface area contributed by atoms with Crippen LogP contribution in [0, 0.1) is 0 Å². The van der Waals surface area contributed by atoms with Crippen LogP contribution in [-0.4, -0.2) is 47.3 Å². The van der Waals surface area contributed by atoms with Crippen molar-refractivity contribution in [3.8, 4) is 17.2 Å². The molecule has 0 radical (unpaired) electrons. The van der Waals surface area contributed by atoms with Crippen LogP contribution in [-0.2, 0) is 4.79 Å². The lowest BCUT2D eigenvalue weighted by atomic mass is 10.1. The predicted octanol–water partition coefficient (Wildman–Crippen LogP) is 6.66. The Morgan fingerprint density at radius 2 is 1.63 bits per heavy atom. The zero-order valence-corrected chi connectivity index (χ0v) is 24.9. The van der Waals surface area contributed by atoms with Gasteiger partial charge in [-0.05, 0) is 92.5 Å². The van der Waals surface area contributed by atoms with Gasteiger partial charge in [0.25, 0.3) is 11.8 Å². The van der Waals surface area contributed by atoms with Gasteiger partial charge in [0.15, 0.2) is 4.32 Å². The largest absolute Gasteiger partial charge is 0.494 e. The van der Waals surface area contributed by atoms with Crippen molar-refractivity contribution < 1.29 is 19.1 Å². The van der Waals surface area contributed by atoms with Crippen molar-refractivity contribution >= 4 is 64.3 Å². The van der Waals surface area contributed by atoms with E-state index in [1.165, 1.54) is 44.1 Å². The fourth-order valence-electron chi connectivity index (χ4n) is 4.71. The Morgan fingerprint density at radius 1 is 0.951 bits per heavy atom. The number of piperidine rings is 1. The summed E-state index contributed by atoms with van der Waals surface area (Å²) in [5, 5.41) is 0. The maximum absolute atomic E-state index is 13.2. The van der Waals surface area contributed by atoms with E-state index in [1.54, 1.807) is 47.4 Å². The standard InChI is InChI=1S/C31H31N3O4S2.ClH/c32-29(35)26-7-2-3-8-27(26)38-25-13-9-22(10-14-25)21-28-30(36)34(31(39)40-28)23-11-15-24(16-12-23)37-20-6-19-33-17-4-1-5-18-33;/h2-3,7-16,21H,1,4-6,17-20H2,(H2,32,35);1H/b28-21-;. The maximum Gasteiger partial charge on any atom is 0.270 e. The highest BCUT2D eigenvalue weighted by atomic mass is 35.5. The molecule has 0 unspecified atom stereocenters. The predicted molar refractivity (Wildman–Crippen MR) is 171 cm³/mol. The zero-order chi connectivity index (χ0) is 27.9. The van der Waals surface area contributed by atoms with Gasteiger partial charge in [0, 0.05) is 6.54 Å². The number of carbonyl (C=O) groups excluding carboxylic acids is 2. The van der Waals surface area contributed by atoms with Crippen LogP contribution in [0.3, 0.4) is 0 Å². The molecular formula is C31H32ClN3O4S2. The van der Waals surface area contributed by atoms with Gasteiger partial charge >= 0.3 is 0 Å². The van der Waals surface area contributed by atoms with Crippen molar-refractivity contribution in [1.82, 2.24) is 4.90 Å². The van der Waals surface area contributed by atoms with E-state index in [4.69, 9.17) is 27.4 Å². The van der Waals surface area contributed by atoms with E-state index in [0.717, 1.165) is 24.3 Å². The Bertz CT molecular complexity index is 1410. The molecule has 0 aromatic heterocycles. The first-order valence-electron chi connectivity index (χ1n) is 13.4. The van der Waals surface area contributed by atoms with Gasteiger partial charge < -0.3 is 20.1 Å². The molecule has 3 aromatic rings. The number of rotatable bonds is 10. The van der Waals surface area contributed by atoms with Gasteiger partial charge in [0.05, 0.1) is 22.8 Å². The number of para-hydroxylation sites is 1. The first-order chi connectivity index (χ1) is 19.5. The minimum absolute atomic E-state index is 0. The first kappa shape index (κ1) is 30.6. The minimum atomic E-state index is -0.556. The number of nitrogens with two attached hydrogens (primary N) is 1. The topological polar surface area (TPSA) is 85.1 Å². The Kier molecular flexibility index (Phi) is 10.8. The summed E-state index contributed by atoms with van der Waals surface area (Å²) in [4.78, 5) is 29.5. The third-order valence-electron chi connectivity index (χ3n) is 6.78. The van der Waals surface area contributed by atoms with E-state index in [-0.39, 0.29) is 18.3 Å². The molecule has 0 atom stereocenters. The third kappa shape index (κ3) is 7.89. The normalized spacial score (nSPS) is 16.5. The number of benzene rings is 3. The van der Waals surface area contributed by atoms with Crippen molar-refractivity contribution in [2.24, 2.45) is 5.73 Å². The average molecular weight is 610 g/mol. The summed E-state index contributed by atoms with van der Waals surface area (Å²) in [7, 11) is 0. The average Bonchev–Trinajstić information content (AvgIpc) is 3.25. The van der Waals surface area contributed by atoms with Gasteiger partial charge in [-0.3, -0.25) is 14.5 Å². The molecule has 2 fully saturated rings. The van der Waals surface area contributed by atoms with Crippen molar-refractivity contribution in [3.63, 3.8) is 0 Å². The molecule has 214 valence electrons. The van der Waals surface area contributed by atoms with Crippen LogP contribution >= 0.6 is 36.4 Å². The van der Waals surface area contributed by atoms with Crippen LogP contribution in [0.1, 0.15) is 41.6 Å². The molecule has 0 saturated carbocycles. The molecule has 2 aliphatic rings. The number of thioether (sulfide) groups is 1. The van der Waals surface area contributed by atoms with Gasteiger partial charge in [0.1, 0.15) is 17.2 Å². The van der Waals surface area contributed by atoms with Crippen LogP contribution in [0.25, 0.3) is 6.08 Å². The number of carbonyl (C=O) groups is 2. The highest BCUT2D eigenvalue weighted by Gasteiger charge is 2.33. The van der Waals surface area contributed by atoms with E-state index in [0.29, 0.717) is 38.6 Å². The molecule has 7 nitrogen and oxygen atoms in total. The van der Waals surface area contributed by atoms with E-state index in [1.807, 2.05) is 36.4 Å². The summed E-state index contributed by atoms with van der Waals surface area (Å²) in [6, 6.07) is 21.5. The number of primary amides is 1. The molecule has 5 rings (SSSR count). The molecule has 0 spiro atoms. The van der Waals surface area contributed by atoms with Crippen molar-refractivity contribution in [3.05, 3.63) is 88.8 Å². The molecule has 2 aliphatic heterocycles. The Morgan fingerprint density at radius 3 is 2.34 bits per heavy atom. The molecule has 2 amide bonds. The summed E-state index contributed by atoms with van der Waals surface area (Å²) in [5.74, 6) is 0.995. The van der Waals surface area contributed by atoms with Crippen molar-refractivity contribution in [1.29, 1.82) is 0 Å². The number of amides is 2. The number of thiocarbonyl (C=S) groups is 1. The summed E-state index contributed by atoms with van der Waals surface area (Å²) >= 11 is 6.80. The molecule has 10 heteroatoms. The zero-order valence-electron chi connectivity index (χ0n) is 22.5. The van der Waals surface area contributed by atoms with Gasteiger partial charge in [-0.2, -0.15) is 0 Å². The molecule has 3 aromatic carbocycles. The number of halogens is 1. The summed E-state index contributed by atoms with van der Waals surface area (Å²) in [5.41, 5.74) is 7.28. The molecule has 2 saturated heterocycles. The van der Waals surface area contributed by atoms with E-state index >= 15 is 0 Å².